The van der Waals surface area contributed by atoms with Crippen LogP contribution in [-0.4, -0.2) is 61.8 Å². The zero-order valence-corrected chi connectivity index (χ0v) is 17.4. The van der Waals surface area contributed by atoms with Crippen molar-refractivity contribution >= 4 is 5.96 Å². The second-order valence-electron chi connectivity index (χ2n) is 6.99. The molecule has 0 unspecified atom stereocenters. The molecule has 162 valence electrons. The number of nitrogens with zero attached hydrogens (tertiary/aromatic N) is 3. The predicted molar refractivity (Wildman–Crippen MR) is 115 cm³/mol. The first-order valence-electron chi connectivity index (χ1n) is 10.4. The van der Waals surface area contributed by atoms with Crippen molar-refractivity contribution in [3.63, 3.8) is 0 Å². The van der Waals surface area contributed by atoms with Crippen LogP contribution in [0.3, 0.4) is 0 Å². The molecule has 1 saturated heterocycles. The minimum Gasteiger partial charge on any atom is -0.439 e. The van der Waals surface area contributed by atoms with Gasteiger partial charge in [0.1, 0.15) is 11.6 Å². The van der Waals surface area contributed by atoms with Gasteiger partial charge in [-0.15, -0.1) is 0 Å². The van der Waals surface area contributed by atoms with E-state index < -0.39 is 0 Å². The number of hydrogen-bond donors (Lipinski definition) is 2. The van der Waals surface area contributed by atoms with E-state index in [4.69, 9.17) is 9.47 Å². The van der Waals surface area contributed by atoms with Crippen LogP contribution in [0, 0.1) is 5.82 Å². The fourth-order valence-electron chi connectivity index (χ4n) is 3.03. The van der Waals surface area contributed by atoms with Crippen LogP contribution in [0.2, 0.25) is 0 Å². The van der Waals surface area contributed by atoms with E-state index in [1.54, 1.807) is 24.4 Å². The first-order chi connectivity index (χ1) is 14.7. The minimum absolute atomic E-state index is 0.297. The molecule has 2 heterocycles. The molecule has 0 saturated carbocycles. The predicted octanol–water partition coefficient (Wildman–Crippen LogP) is 2.79. The Balaban J connectivity index is 1.44. The van der Waals surface area contributed by atoms with Crippen molar-refractivity contribution in [1.29, 1.82) is 0 Å². The molecular formula is C22H30FN5O2. The summed E-state index contributed by atoms with van der Waals surface area (Å²) in [6.45, 7) is 9.00. The van der Waals surface area contributed by atoms with E-state index in [1.165, 1.54) is 12.1 Å². The maximum absolute atomic E-state index is 13.0. The van der Waals surface area contributed by atoms with Crippen molar-refractivity contribution in [2.24, 2.45) is 4.99 Å². The molecule has 1 fully saturated rings. The van der Waals surface area contributed by atoms with Crippen molar-refractivity contribution in [2.45, 2.75) is 19.9 Å². The number of aromatic nitrogens is 1. The quantitative estimate of drug-likeness (QED) is 0.373. The summed E-state index contributed by atoms with van der Waals surface area (Å²) < 4.78 is 24.0. The van der Waals surface area contributed by atoms with Crippen LogP contribution in [0.5, 0.6) is 11.6 Å². The van der Waals surface area contributed by atoms with Crippen molar-refractivity contribution in [3.8, 4) is 11.6 Å². The summed E-state index contributed by atoms with van der Waals surface area (Å²) in [6, 6.07) is 9.57. The van der Waals surface area contributed by atoms with E-state index in [0.29, 0.717) is 18.2 Å². The van der Waals surface area contributed by atoms with E-state index in [-0.39, 0.29) is 5.82 Å². The van der Waals surface area contributed by atoms with Crippen LogP contribution in [0.1, 0.15) is 18.9 Å². The standard InChI is InChI=1S/C22H30FN5O2/c1-2-24-22(25-10-3-11-28-12-14-29-15-13-28)27-17-18-4-9-21(26-16-18)30-20-7-5-19(23)6-8-20/h4-9,16H,2-3,10-15,17H2,1H3,(H2,24,25,27). The summed E-state index contributed by atoms with van der Waals surface area (Å²) in [6.07, 6.45) is 2.80. The van der Waals surface area contributed by atoms with Crippen molar-refractivity contribution in [1.82, 2.24) is 20.5 Å². The van der Waals surface area contributed by atoms with Crippen LogP contribution in [0.25, 0.3) is 0 Å². The fraction of sp³-hybridized carbons (Fsp3) is 0.455. The van der Waals surface area contributed by atoms with Gasteiger partial charge in [0.2, 0.25) is 5.88 Å². The Labute approximate surface area is 177 Å². The Morgan fingerprint density at radius 2 is 1.97 bits per heavy atom. The number of ether oxygens (including phenoxy) is 2. The van der Waals surface area contributed by atoms with Gasteiger partial charge in [-0.2, -0.15) is 0 Å². The molecule has 30 heavy (non-hydrogen) atoms. The maximum Gasteiger partial charge on any atom is 0.219 e. The molecule has 0 spiro atoms. The summed E-state index contributed by atoms with van der Waals surface area (Å²) in [5.74, 6) is 1.51. The number of pyridine rings is 1. The molecule has 1 aromatic heterocycles. The molecule has 0 radical (unpaired) electrons. The monoisotopic (exact) mass is 415 g/mol. The van der Waals surface area contributed by atoms with Crippen LogP contribution >= 0.6 is 0 Å². The minimum atomic E-state index is -0.297. The fourth-order valence-corrected chi connectivity index (χ4v) is 3.03. The van der Waals surface area contributed by atoms with E-state index in [2.05, 4.69) is 25.5 Å². The summed E-state index contributed by atoms with van der Waals surface area (Å²) in [5, 5.41) is 6.65. The molecule has 0 atom stereocenters. The molecule has 7 nitrogen and oxygen atoms in total. The highest BCUT2D eigenvalue weighted by Gasteiger charge is 2.09. The van der Waals surface area contributed by atoms with Gasteiger partial charge in [0.15, 0.2) is 5.96 Å². The third-order valence-corrected chi connectivity index (χ3v) is 4.64. The van der Waals surface area contributed by atoms with Gasteiger partial charge in [-0.25, -0.2) is 14.4 Å². The summed E-state index contributed by atoms with van der Waals surface area (Å²) in [4.78, 5) is 11.4. The molecule has 2 aromatic rings. The third-order valence-electron chi connectivity index (χ3n) is 4.64. The number of aliphatic imine (C=N–C) groups is 1. The first-order valence-corrected chi connectivity index (χ1v) is 10.4. The molecule has 0 amide bonds. The molecule has 8 heteroatoms. The Hall–Kier alpha value is -2.71. The molecule has 3 rings (SSSR count). The van der Waals surface area contributed by atoms with Crippen LogP contribution in [0.4, 0.5) is 4.39 Å². The van der Waals surface area contributed by atoms with Gasteiger partial charge in [-0.1, -0.05) is 6.07 Å². The summed E-state index contributed by atoms with van der Waals surface area (Å²) in [5.41, 5.74) is 0.979. The highest BCUT2D eigenvalue weighted by molar-refractivity contribution is 5.79. The van der Waals surface area contributed by atoms with Crippen molar-refractivity contribution < 1.29 is 13.9 Å². The Bertz CT molecular complexity index is 777. The average Bonchev–Trinajstić information content (AvgIpc) is 2.78. The number of nitrogens with one attached hydrogen (secondary N) is 2. The highest BCUT2D eigenvalue weighted by atomic mass is 19.1. The normalized spacial score (nSPS) is 15.1. The van der Waals surface area contributed by atoms with Gasteiger partial charge in [0.25, 0.3) is 0 Å². The first kappa shape index (κ1) is 22.0. The average molecular weight is 416 g/mol. The Kier molecular flexibility index (Phi) is 8.86. The van der Waals surface area contributed by atoms with Gasteiger partial charge in [-0.05, 0) is 49.7 Å². The molecule has 2 N–H and O–H groups in total. The van der Waals surface area contributed by atoms with Gasteiger partial charge < -0.3 is 20.1 Å². The van der Waals surface area contributed by atoms with Crippen LogP contribution in [0.15, 0.2) is 47.6 Å². The number of hydrogen-bond acceptors (Lipinski definition) is 5. The van der Waals surface area contributed by atoms with E-state index in [1.807, 2.05) is 13.0 Å². The number of guanidine groups is 1. The molecule has 1 aliphatic rings. The zero-order valence-electron chi connectivity index (χ0n) is 17.4. The molecule has 1 aromatic carbocycles. The molecule has 1 aliphatic heterocycles. The molecule has 0 bridgehead atoms. The number of rotatable bonds is 9. The van der Waals surface area contributed by atoms with Crippen LogP contribution in [-0.2, 0) is 11.3 Å². The van der Waals surface area contributed by atoms with Crippen molar-refractivity contribution in [3.05, 3.63) is 54.0 Å². The second-order valence-corrected chi connectivity index (χ2v) is 6.99. The van der Waals surface area contributed by atoms with E-state index in [0.717, 1.165) is 63.9 Å². The van der Waals surface area contributed by atoms with Gasteiger partial charge in [0.05, 0.1) is 19.8 Å². The Morgan fingerprint density at radius 1 is 1.17 bits per heavy atom. The lowest BCUT2D eigenvalue weighted by Gasteiger charge is -2.26. The topological polar surface area (TPSA) is 71.0 Å². The Morgan fingerprint density at radius 3 is 2.67 bits per heavy atom. The maximum atomic E-state index is 13.0. The van der Waals surface area contributed by atoms with Gasteiger partial charge in [-0.3, -0.25) is 4.90 Å². The summed E-state index contributed by atoms with van der Waals surface area (Å²) >= 11 is 0. The lowest BCUT2D eigenvalue weighted by atomic mass is 10.3. The second kappa shape index (κ2) is 12.1. The van der Waals surface area contributed by atoms with Gasteiger partial charge >= 0.3 is 0 Å². The highest BCUT2D eigenvalue weighted by Crippen LogP contribution is 2.19. The number of benzene rings is 1. The van der Waals surface area contributed by atoms with Crippen LogP contribution < -0.4 is 15.4 Å². The third kappa shape index (κ3) is 7.61. The zero-order chi connectivity index (χ0) is 21.0. The largest absolute Gasteiger partial charge is 0.439 e. The van der Waals surface area contributed by atoms with Gasteiger partial charge in [0, 0.05) is 38.4 Å². The smallest absolute Gasteiger partial charge is 0.219 e. The lowest BCUT2D eigenvalue weighted by molar-refractivity contribution is 0.0376. The van der Waals surface area contributed by atoms with Crippen molar-refractivity contribution in [2.75, 3.05) is 45.9 Å². The molecule has 0 aliphatic carbocycles. The van der Waals surface area contributed by atoms with E-state index in [9.17, 15) is 4.39 Å². The molecular weight excluding hydrogens is 385 g/mol. The SMILES string of the molecule is CCNC(=NCc1ccc(Oc2ccc(F)cc2)nc1)NCCCN1CCOCC1. The number of halogens is 1. The lowest BCUT2D eigenvalue weighted by Crippen LogP contribution is -2.40. The summed E-state index contributed by atoms with van der Waals surface area (Å²) in [7, 11) is 0. The number of morpholine rings is 1. The van der Waals surface area contributed by atoms with E-state index >= 15 is 0 Å².